The van der Waals surface area contributed by atoms with Gasteiger partial charge in [0.2, 0.25) is 0 Å². The Labute approximate surface area is 133 Å². The highest BCUT2D eigenvalue weighted by Gasteiger charge is 1.94. The Morgan fingerprint density at radius 1 is 0.381 bits per heavy atom. The number of unbranched alkanes of at least 4 members (excludes halogenated alkanes) is 13. The first-order valence-electron chi connectivity index (χ1n) is 9.66. The van der Waals surface area contributed by atoms with Gasteiger partial charge in [0.15, 0.2) is 0 Å². The van der Waals surface area contributed by atoms with Gasteiger partial charge >= 0.3 is 0 Å². The van der Waals surface area contributed by atoms with E-state index in [1.54, 1.807) is 0 Å². The molecule has 21 heavy (non-hydrogen) atoms. The standard InChI is InChI=1S/C19H40O2/c1-3-5-7-9-11-13-15-17-19-21-20-18-16-14-12-10-8-6-4-2/h3-19H2,1-2H3. The summed E-state index contributed by atoms with van der Waals surface area (Å²) in [4.78, 5) is 10.4. The van der Waals surface area contributed by atoms with Crippen molar-refractivity contribution in [1.29, 1.82) is 0 Å². The molecule has 2 nitrogen and oxygen atoms in total. The van der Waals surface area contributed by atoms with Crippen LogP contribution in [0.1, 0.15) is 110 Å². The zero-order valence-corrected chi connectivity index (χ0v) is 14.8. The molecule has 0 saturated heterocycles. The molecule has 0 rings (SSSR count). The van der Waals surface area contributed by atoms with E-state index in [9.17, 15) is 0 Å². The van der Waals surface area contributed by atoms with Crippen molar-refractivity contribution in [2.24, 2.45) is 0 Å². The first-order valence-corrected chi connectivity index (χ1v) is 9.66. The highest BCUT2D eigenvalue weighted by molar-refractivity contribution is 4.45. The number of rotatable bonds is 18. The summed E-state index contributed by atoms with van der Waals surface area (Å²) in [5.74, 6) is 0. The van der Waals surface area contributed by atoms with E-state index in [1.807, 2.05) is 0 Å². The van der Waals surface area contributed by atoms with E-state index < -0.39 is 0 Å². The molecule has 0 fully saturated rings. The number of hydrogen-bond donors (Lipinski definition) is 0. The molecular formula is C19H40O2. The Morgan fingerprint density at radius 2 is 0.667 bits per heavy atom. The highest BCUT2D eigenvalue weighted by Crippen LogP contribution is 2.09. The maximum atomic E-state index is 5.22. The molecule has 0 aromatic carbocycles. The molecule has 0 aromatic heterocycles. The quantitative estimate of drug-likeness (QED) is 0.157. The van der Waals surface area contributed by atoms with Crippen molar-refractivity contribution in [2.75, 3.05) is 13.2 Å². The molecule has 0 N–H and O–H groups in total. The minimum Gasteiger partial charge on any atom is -0.237 e. The lowest BCUT2D eigenvalue weighted by Gasteiger charge is -2.04. The summed E-state index contributed by atoms with van der Waals surface area (Å²) < 4.78 is 0. The minimum absolute atomic E-state index is 0.769. The molecule has 0 aliphatic heterocycles. The van der Waals surface area contributed by atoms with Crippen LogP contribution in [0, 0.1) is 0 Å². The third-order valence-electron chi connectivity index (χ3n) is 4.00. The Kier molecular flexibility index (Phi) is 19.8. The van der Waals surface area contributed by atoms with Crippen molar-refractivity contribution in [3.05, 3.63) is 0 Å². The molecule has 0 amide bonds. The predicted octanol–water partition coefficient (Wildman–Crippen LogP) is 6.83. The summed E-state index contributed by atoms with van der Waals surface area (Å²) in [6, 6.07) is 0. The van der Waals surface area contributed by atoms with Crippen molar-refractivity contribution in [2.45, 2.75) is 110 Å². The number of hydrogen-bond acceptors (Lipinski definition) is 2. The van der Waals surface area contributed by atoms with Crippen LogP contribution in [0.15, 0.2) is 0 Å². The van der Waals surface area contributed by atoms with Crippen LogP contribution >= 0.6 is 0 Å². The normalized spacial score (nSPS) is 11.1. The lowest BCUT2D eigenvalue weighted by atomic mass is 10.1. The van der Waals surface area contributed by atoms with Gasteiger partial charge in [0.25, 0.3) is 0 Å². The molecule has 2 heteroatoms. The fourth-order valence-electron chi connectivity index (χ4n) is 2.53. The molecule has 0 aromatic rings. The van der Waals surface area contributed by atoms with Crippen LogP contribution in [0.4, 0.5) is 0 Å². The van der Waals surface area contributed by atoms with E-state index >= 15 is 0 Å². The van der Waals surface area contributed by atoms with E-state index in [0.29, 0.717) is 0 Å². The van der Waals surface area contributed by atoms with Gasteiger partial charge in [-0.25, -0.2) is 9.78 Å². The summed E-state index contributed by atoms with van der Waals surface area (Å²) >= 11 is 0. The van der Waals surface area contributed by atoms with Crippen LogP contribution in [-0.4, -0.2) is 13.2 Å². The molecular weight excluding hydrogens is 260 g/mol. The molecule has 0 spiro atoms. The van der Waals surface area contributed by atoms with Gasteiger partial charge in [-0.05, 0) is 12.8 Å². The third kappa shape index (κ3) is 19.9. The molecule has 0 aliphatic rings. The van der Waals surface area contributed by atoms with Crippen LogP contribution < -0.4 is 0 Å². The van der Waals surface area contributed by atoms with Crippen molar-refractivity contribution >= 4 is 0 Å². The Hall–Kier alpha value is -0.0800. The average molecular weight is 301 g/mol. The van der Waals surface area contributed by atoms with Gasteiger partial charge in [0, 0.05) is 0 Å². The Morgan fingerprint density at radius 3 is 1.00 bits per heavy atom. The summed E-state index contributed by atoms with van der Waals surface area (Å²) in [6.07, 6.45) is 20.0. The molecule has 0 saturated carbocycles. The van der Waals surface area contributed by atoms with Gasteiger partial charge in [0.05, 0.1) is 13.2 Å². The molecule has 0 radical (unpaired) electrons. The minimum atomic E-state index is 0.769. The van der Waals surface area contributed by atoms with Crippen molar-refractivity contribution in [1.82, 2.24) is 0 Å². The molecule has 0 bridgehead atoms. The monoisotopic (exact) mass is 300 g/mol. The fourth-order valence-corrected chi connectivity index (χ4v) is 2.53. The van der Waals surface area contributed by atoms with Crippen molar-refractivity contribution < 1.29 is 9.78 Å². The second kappa shape index (κ2) is 19.9. The van der Waals surface area contributed by atoms with Gasteiger partial charge in [-0.3, -0.25) is 0 Å². The van der Waals surface area contributed by atoms with E-state index in [2.05, 4.69) is 13.8 Å². The van der Waals surface area contributed by atoms with E-state index in [0.717, 1.165) is 26.1 Å². The Bertz CT molecular complexity index is 153. The Balaban J connectivity index is 2.90. The maximum Gasteiger partial charge on any atom is 0.0822 e. The van der Waals surface area contributed by atoms with Gasteiger partial charge in [-0.15, -0.1) is 0 Å². The molecule has 0 unspecified atom stereocenters. The van der Waals surface area contributed by atoms with Gasteiger partial charge < -0.3 is 0 Å². The van der Waals surface area contributed by atoms with E-state index in [4.69, 9.17) is 9.78 Å². The highest BCUT2D eigenvalue weighted by atomic mass is 17.2. The summed E-state index contributed by atoms with van der Waals surface area (Å²) in [5, 5.41) is 0. The topological polar surface area (TPSA) is 18.5 Å². The smallest absolute Gasteiger partial charge is 0.0822 e. The fraction of sp³-hybridized carbons (Fsp3) is 1.00. The van der Waals surface area contributed by atoms with Crippen LogP contribution in [-0.2, 0) is 9.78 Å². The first kappa shape index (κ1) is 20.9. The third-order valence-corrected chi connectivity index (χ3v) is 4.00. The van der Waals surface area contributed by atoms with Gasteiger partial charge in [-0.1, -0.05) is 97.3 Å². The van der Waals surface area contributed by atoms with E-state index in [-0.39, 0.29) is 0 Å². The average Bonchev–Trinajstić information content (AvgIpc) is 2.50. The van der Waals surface area contributed by atoms with E-state index in [1.165, 1.54) is 83.5 Å². The summed E-state index contributed by atoms with van der Waals surface area (Å²) in [5.41, 5.74) is 0. The second-order valence-electron chi connectivity index (χ2n) is 6.24. The lowest BCUT2D eigenvalue weighted by molar-refractivity contribution is -0.295. The summed E-state index contributed by atoms with van der Waals surface area (Å²) in [7, 11) is 0. The SMILES string of the molecule is CCCCCCCCCCOOCCCCCCCCC. The summed E-state index contributed by atoms with van der Waals surface area (Å²) in [6.45, 7) is 6.07. The zero-order valence-electron chi connectivity index (χ0n) is 14.8. The first-order chi connectivity index (χ1) is 10.4. The maximum absolute atomic E-state index is 5.22. The van der Waals surface area contributed by atoms with Gasteiger partial charge in [-0.2, -0.15) is 0 Å². The van der Waals surface area contributed by atoms with Crippen LogP contribution in [0.3, 0.4) is 0 Å². The zero-order chi connectivity index (χ0) is 15.4. The van der Waals surface area contributed by atoms with Crippen LogP contribution in [0.2, 0.25) is 0 Å². The van der Waals surface area contributed by atoms with Crippen molar-refractivity contribution in [3.63, 3.8) is 0 Å². The molecule has 0 heterocycles. The van der Waals surface area contributed by atoms with Crippen molar-refractivity contribution in [3.8, 4) is 0 Å². The lowest BCUT2D eigenvalue weighted by Crippen LogP contribution is -1.99. The molecule has 0 atom stereocenters. The second-order valence-corrected chi connectivity index (χ2v) is 6.24. The van der Waals surface area contributed by atoms with Gasteiger partial charge in [0.1, 0.15) is 0 Å². The largest absolute Gasteiger partial charge is 0.237 e. The molecule has 128 valence electrons. The molecule has 0 aliphatic carbocycles. The van der Waals surface area contributed by atoms with Crippen LogP contribution in [0.25, 0.3) is 0 Å². The predicted molar refractivity (Wildman–Crippen MR) is 92.5 cm³/mol. The van der Waals surface area contributed by atoms with Crippen LogP contribution in [0.5, 0.6) is 0 Å².